The zero-order valence-corrected chi connectivity index (χ0v) is 22.4. The van der Waals surface area contributed by atoms with E-state index in [1.165, 1.54) is 22.5 Å². The number of nitrogens with zero attached hydrogens (tertiary/aromatic N) is 3. The number of piperidine rings is 1. The van der Waals surface area contributed by atoms with Gasteiger partial charge in [-0.3, -0.25) is 14.6 Å². The molecule has 11 nitrogen and oxygen atoms in total. The molecule has 41 heavy (non-hydrogen) atoms. The number of carbonyl (C=O) groups is 3. The van der Waals surface area contributed by atoms with Crippen LogP contribution in [0, 0.1) is 6.92 Å². The molecule has 2 aromatic carbocycles. The van der Waals surface area contributed by atoms with Gasteiger partial charge >= 0.3 is 12.4 Å². The number of nitrogens with one attached hydrogen (secondary N) is 2. The van der Waals surface area contributed by atoms with Gasteiger partial charge in [-0.25, -0.2) is 18.1 Å². The van der Waals surface area contributed by atoms with Crippen molar-refractivity contribution >= 4 is 45.5 Å². The molecule has 3 aliphatic rings. The molecule has 2 aromatic rings. The zero-order valence-electron chi connectivity index (χ0n) is 21.6. The van der Waals surface area contributed by atoms with E-state index in [2.05, 4.69) is 20.4 Å². The highest BCUT2D eigenvalue weighted by molar-refractivity contribution is 7.92. The minimum absolute atomic E-state index is 0.00178. The molecular weight excluding hydrogens is 567 g/mol. The second kappa shape index (κ2) is 10.3. The zero-order chi connectivity index (χ0) is 29.6. The van der Waals surface area contributed by atoms with Crippen LogP contribution >= 0.6 is 0 Å². The Hall–Kier alpha value is -4.24. The summed E-state index contributed by atoms with van der Waals surface area (Å²) >= 11 is 0. The van der Waals surface area contributed by atoms with Crippen molar-refractivity contribution in [3.8, 4) is 5.75 Å². The third-order valence-electron chi connectivity index (χ3n) is 7.01. The first kappa shape index (κ1) is 28.3. The van der Waals surface area contributed by atoms with E-state index < -0.39 is 39.6 Å². The average molecular weight is 592 g/mol. The lowest BCUT2D eigenvalue weighted by molar-refractivity contribution is -0.274. The van der Waals surface area contributed by atoms with Crippen molar-refractivity contribution in [3.63, 3.8) is 0 Å². The predicted molar refractivity (Wildman–Crippen MR) is 141 cm³/mol. The molecular formula is C26H24F3N5O6S. The number of urea groups is 1. The number of hydrogen-bond acceptors (Lipinski definition) is 7. The third-order valence-corrected chi connectivity index (χ3v) is 8.57. The monoisotopic (exact) mass is 591 g/mol. The summed E-state index contributed by atoms with van der Waals surface area (Å²) in [5, 5.41) is 6.09. The van der Waals surface area contributed by atoms with Gasteiger partial charge in [0.05, 0.1) is 12.2 Å². The largest absolute Gasteiger partial charge is 0.573 e. The highest BCUT2D eigenvalue weighted by Crippen LogP contribution is 2.33. The topological polar surface area (TPSA) is 137 Å². The predicted octanol–water partition coefficient (Wildman–Crippen LogP) is 2.66. The van der Waals surface area contributed by atoms with Crippen LogP contribution in [0.1, 0.15) is 29.5 Å². The summed E-state index contributed by atoms with van der Waals surface area (Å²) in [5.74, 6) is -1.21. The minimum atomic E-state index is -4.87. The van der Waals surface area contributed by atoms with Gasteiger partial charge in [-0.15, -0.1) is 13.2 Å². The molecule has 3 heterocycles. The van der Waals surface area contributed by atoms with Crippen LogP contribution in [0.3, 0.4) is 0 Å². The molecule has 1 spiro atoms. The fourth-order valence-electron chi connectivity index (χ4n) is 4.86. The van der Waals surface area contributed by atoms with E-state index in [1.807, 2.05) is 0 Å². The van der Waals surface area contributed by atoms with Crippen LogP contribution in [0.15, 0.2) is 52.9 Å². The molecule has 216 valence electrons. The summed E-state index contributed by atoms with van der Waals surface area (Å²) in [5.41, 5.74) is 0.578. The fourth-order valence-corrected chi connectivity index (χ4v) is 6.04. The molecule has 2 saturated heterocycles. The molecule has 2 N–H and O–H groups in total. The Morgan fingerprint density at radius 2 is 1.80 bits per heavy atom. The minimum Gasteiger partial charge on any atom is -0.406 e. The third kappa shape index (κ3) is 5.81. The van der Waals surface area contributed by atoms with Gasteiger partial charge in [-0.05, 0) is 61.2 Å². The van der Waals surface area contributed by atoms with Crippen molar-refractivity contribution in [1.82, 2.24) is 14.9 Å². The summed E-state index contributed by atoms with van der Waals surface area (Å²) in [4.78, 5) is 42.2. The van der Waals surface area contributed by atoms with Crippen molar-refractivity contribution in [2.24, 2.45) is 4.99 Å². The number of aliphatic imine (C=N–C) groups is 1. The summed E-state index contributed by atoms with van der Waals surface area (Å²) in [7, 11) is -3.87. The summed E-state index contributed by atoms with van der Waals surface area (Å²) in [6.07, 6.45) is -3.30. The first-order valence-electron chi connectivity index (χ1n) is 12.4. The number of hydrogen-bond donors (Lipinski definition) is 2. The number of aryl methyl sites for hydroxylation is 1. The lowest BCUT2D eigenvalue weighted by Gasteiger charge is -2.34. The lowest BCUT2D eigenvalue weighted by Crippen LogP contribution is -2.50. The highest BCUT2D eigenvalue weighted by Gasteiger charge is 2.47. The van der Waals surface area contributed by atoms with Crippen LogP contribution < -0.4 is 20.3 Å². The molecule has 3 aliphatic heterocycles. The SMILES string of the molecule is Cc1cc(N2C(=O)CNC2=O)ccc1/C=C/S(=O)(=O)N1CCC2(CC1)N=C(c1cccc(OC(F)(F)F)c1)NC2=O. The van der Waals surface area contributed by atoms with Crippen LogP contribution in [0.5, 0.6) is 5.75 Å². The Bertz CT molecular complexity index is 1580. The maximum absolute atomic E-state index is 13.0. The number of rotatable bonds is 6. The number of carbonyl (C=O) groups excluding carboxylic acids is 3. The number of alkyl halides is 3. The number of ether oxygens (including phenoxy) is 1. The van der Waals surface area contributed by atoms with E-state index in [0.29, 0.717) is 16.8 Å². The van der Waals surface area contributed by atoms with E-state index in [0.717, 1.165) is 22.4 Å². The van der Waals surface area contributed by atoms with Crippen LogP contribution in [0.2, 0.25) is 0 Å². The van der Waals surface area contributed by atoms with E-state index in [4.69, 9.17) is 0 Å². The number of amidine groups is 1. The average Bonchev–Trinajstić information content (AvgIpc) is 3.40. The smallest absolute Gasteiger partial charge is 0.406 e. The quantitative estimate of drug-likeness (QED) is 0.496. The first-order valence-corrected chi connectivity index (χ1v) is 13.9. The lowest BCUT2D eigenvalue weighted by atomic mass is 9.89. The van der Waals surface area contributed by atoms with E-state index >= 15 is 0 Å². The number of anilines is 1. The summed E-state index contributed by atoms with van der Waals surface area (Å²) < 4.78 is 69.0. The molecule has 0 aromatic heterocycles. The van der Waals surface area contributed by atoms with Gasteiger partial charge in [0.1, 0.15) is 17.1 Å². The molecule has 0 bridgehead atoms. The van der Waals surface area contributed by atoms with Gasteiger partial charge < -0.3 is 15.4 Å². The van der Waals surface area contributed by atoms with Crippen molar-refractivity contribution in [1.29, 1.82) is 0 Å². The Morgan fingerprint density at radius 3 is 2.44 bits per heavy atom. The van der Waals surface area contributed by atoms with Gasteiger partial charge in [0, 0.05) is 24.1 Å². The number of halogens is 3. The van der Waals surface area contributed by atoms with E-state index in [9.17, 15) is 36.0 Å². The molecule has 0 aliphatic carbocycles. The summed E-state index contributed by atoms with van der Waals surface area (Å²) in [6.45, 7) is 1.63. The van der Waals surface area contributed by atoms with Crippen LogP contribution in [0.4, 0.5) is 23.7 Å². The van der Waals surface area contributed by atoms with Crippen molar-refractivity contribution in [3.05, 3.63) is 64.6 Å². The second-order valence-electron chi connectivity index (χ2n) is 9.70. The van der Waals surface area contributed by atoms with Crippen LogP contribution in [-0.2, 0) is 19.6 Å². The Balaban J connectivity index is 1.26. The van der Waals surface area contributed by atoms with E-state index in [-0.39, 0.29) is 49.8 Å². The molecule has 15 heteroatoms. The maximum Gasteiger partial charge on any atom is 0.573 e. The van der Waals surface area contributed by atoms with Gasteiger partial charge in [0.2, 0.25) is 10.0 Å². The number of sulfonamides is 1. The maximum atomic E-state index is 13.0. The Kier molecular flexibility index (Phi) is 7.11. The summed E-state index contributed by atoms with van der Waals surface area (Å²) in [6, 6.07) is 9.30. The van der Waals surface area contributed by atoms with Crippen molar-refractivity contribution in [2.45, 2.75) is 31.7 Å². The van der Waals surface area contributed by atoms with Crippen molar-refractivity contribution < 1.29 is 40.7 Å². The van der Waals surface area contributed by atoms with Crippen LogP contribution in [0.25, 0.3) is 6.08 Å². The molecule has 4 amide bonds. The van der Waals surface area contributed by atoms with Gasteiger partial charge in [0.15, 0.2) is 0 Å². The van der Waals surface area contributed by atoms with Gasteiger partial charge in [-0.1, -0.05) is 18.2 Å². The van der Waals surface area contributed by atoms with E-state index in [1.54, 1.807) is 25.1 Å². The fraction of sp³-hybridized carbons (Fsp3) is 0.308. The number of benzene rings is 2. The second-order valence-corrected chi connectivity index (χ2v) is 11.5. The number of imide groups is 1. The molecule has 0 radical (unpaired) electrons. The van der Waals surface area contributed by atoms with Gasteiger partial charge in [0.25, 0.3) is 11.8 Å². The Morgan fingerprint density at radius 1 is 1.07 bits per heavy atom. The standard InChI is InChI=1S/C26H24F3N5O6S/c1-16-13-19(34-21(35)15-30-24(34)37)6-5-17(16)7-12-41(38,39)33-10-8-25(9-11-33)23(36)31-22(32-25)18-3-2-4-20(14-18)40-26(27,28)29/h2-7,12-14H,8-11,15H2,1H3,(H,30,37)(H,31,32,36)/b12-7+. The normalized spacial score (nSPS) is 19.6. The van der Waals surface area contributed by atoms with Gasteiger partial charge in [-0.2, -0.15) is 4.31 Å². The molecule has 0 atom stereocenters. The highest BCUT2D eigenvalue weighted by atomic mass is 32.2. The molecule has 5 rings (SSSR count). The molecule has 2 fully saturated rings. The first-order chi connectivity index (χ1) is 19.3. The Labute approximate surface area is 232 Å². The van der Waals surface area contributed by atoms with Crippen molar-refractivity contribution in [2.75, 3.05) is 24.5 Å². The molecule has 0 saturated carbocycles. The van der Waals surface area contributed by atoms with Crippen LogP contribution in [-0.4, -0.2) is 67.9 Å². The molecule has 0 unspecified atom stereocenters. The number of amides is 4.